The first-order chi connectivity index (χ1) is 12.3. The predicted octanol–water partition coefficient (Wildman–Crippen LogP) is 1.21. The molecule has 1 amide bonds. The number of carbonyl (C=O) groups excluding carboxylic acids is 1. The van der Waals surface area contributed by atoms with Crippen molar-refractivity contribution < 1.29 is 9.90 Å². The molecule has 6 nitrogen and oxygen atoms in total. The summed E-state index contributed by atoms with van der Waals surface area (Å²) < 4.78 is 0. The molecule has 3 heterocycles. The Labute approximate surface area is 150 Å². The van der Waals surface area contributed by atoms with E-state index >= 15 is 0 Å². The highest BCUT2D eigenvalue weighted by Crippen LogP contribution is 2.21. The molecule has 1 aromatic rings. The molecule has 0 aromatic carbocycles. The fourth-order valence-electron chi connectivity index (χ4n) is 3.94. The molecule has 2 aliphatic heterocycles. The van der Waals surface area contributed by atoms with E-state index in [1.165, 1.54) is 12.8 Å². The summed E-state index contributed by atoms with van der Waals surface area (Å²) in [7, 11) is 0. The van der Waals surface area contributed by atoms with E-state index in [1.807, 2.05) is 29.3 Å². The van der Waals surface area contributed by atoms with Crippen LogP contribution in [0.4, 0.5) is 5.82 Å². The molecule has 0 aliphatic carbocycles. The monoisotopic (exact) mass is 346 g/mol. The summed E-state index contributed by atoms with van der Waals surface area (Å²) >= 11 is 0. The fourth-order valence-corrected chi connectivity index (χ4v) is 3.94. The van der Waals surface area contributed by atoms with E-state index in [2.05, 4.69) is 14.8 Å². The third-order valence-electron chi connectivity index (χ3n) is 5.39. The third kappa shape index (κ3) is 5.16. The van der Waals surface area contributed by atoms with Crippen LogP contribution in [0.3, 0.4) is 0 Å². The number of piperazine rings is 1. The van der Waals surface area contributed by atoms with Crippen molar-refractivity contribution in [3.63, 3.8) is 0 Å². The molecule has 6 heteroatoms. The average Bonchev–Trinajstić information content (AvgIpc) is 2.67. The highest BCUT2D eigenvalue weighted by molar-refractivity contribution is 5.76. The van der Waals surface area contributed by atoms with E-state index in [-0.39, 0.29) is 6.61 Å². The van der Waals surface area contributed by atoms with Gasteiger partial charge in [0.2, 0.25) is 5.91 Å². The summed E-state index contributed by atoms with van der Waals surface area (Å²) in [5.41, 5.74) is 0. The van der Waals surface area contributed by atoms with Crippen LogP contribution in [0, 0.1) is 5.92 Å². The number of likely N-dealkylation sites (tertiary alicyclic amines) is 1. The standard InChI is InChI=1S/C19H30N4O2/c24-15-14-21-9-3-4-17(16-21)6-7-19(25)23-12-10-22(11-13-23)18-5-1-2-8-20-18/h1-2,5,8,17,24H,3-4,6-7,9-16H2/t17-/m1/s1. The van der Waals surface area contributed by atoms with Gasteiger partial charge in [0.15, 0.2) is 0 Å². The number of hydrogen-bond acceptors (Lipinski definition) is 5. The zero-order valence-electron chi connectivity index (χ0n) is 15.0. The topological polar surface area (TPSA) is 59.9 Å². The van der Waals surface area contributed by atoms with Crippen LogP contribution >= 0.6 is 0 Å². The van der Waals surface area contributed by atoms with Crippen LogP contribution < -0.4 is 4.90 Å². The maximum absolute atomic E-state index is 12.5. The van der Waals surface area contributed by atoms with Gasteiger partial charge in [-0.2, -0.15) is 0 Å². The van der Waals surface area contributed by atoms with Crippen molar-refractivity contribution >= 4 is 11.7 Å². The van der Waals surface area contributed by atoms with Crippen LogP contribution in [-0.2, 0) is 4.79 Å². The quantitative estimate of drug-likeness (QED) is 0.839. The molecule has 0 radical (unpaired) electrons. The normalized spacial score (nSPS) is 22.2. The Kier molecular flexibility index (Phi) is 6.64. The molecule has 0 bridgehead atoms. The summed E-state index contributed by atoms with van der Waals surface area (Å²) in [5, 5.41) is 9.09. The Morgan fingerprint density at radius 1 is 1.20 bits per heavy atom. The molecule has 25 heavy (non-hydrogen) atoms. The van der Waals surface area contributed by atoms with Crippen molar-refractivity contribution in [2.45, 2.75) is 25.7 Å². The number of β-amino-alcohol motifs (C(OH)–C–C–N with tert-alkyl or cyclic N) is 1. The number of aliphatic hydroxyl groups excluding tert-OH is 1. The number of hydrogen-bond donors (Lipinski definition) is 1. The molecule has 2 aliphatic rings. The lowest BCUT2D eigenvalue weighted by Gasteiger charge is -2.36. The van der Waals surface area contributed by atoms with Gasteiger partial charge in [-0.05, 0) is 43.9 Å². The second-order valence-electron chi connectivity index (χ2n) is 7.13. The molecule has 0 unspecified atom stereocenters. The van der Waals surface area contributed by atoms with Crippen molar-refractivity contribution in [1.82, 2.24) is 14.8 Å². The van der Waals surface area contributed by atoms with E-state index in [4.69, 9.17) is 5.11 Å². The molecule has 1 atom stereocenters. The lowest BCUT2D eigenvalue weighted by molar-refractivity contribution is -0.131. The molecular formula is C19H30N4O2. The number of rotatable bonds is 6. The van der Waals surface area contributed by atoms with Crippen LogP contribution in [-0.4, -0.2) is 78.2 Å². The van der Waals surface area contributed by atoms with Crippen molar-refractivity contribution in [2.24, 2.45) is 5.92 Å². The number of piperidine rings is 1. The first-order valence-corrected chi connectivity index (χ1v) is 9.53. The first kappa shape index (κ1) is 18.1. The lowest BCUT2D eigenvalue weighted by Crippen LogP contribution is -2.49. The van der Waals surface area contributed by atoms with Gasteiger partial charge in [0.05, 0.1) is 6.61 Å². The minimum atomic E-state index is 0.228. The minimum Gasteiger partial charge on any atom is -0.395 e. The number of aliphatic hydroxyl groups is 1. The second-order valence-corrected chi connectivity index (χ2v) is 7.13. The molecular weight excluding hydrogens is 316 g/mol. The summed E-state index contributed by atoms with van der Waals surface area (Å²) in [5.74, 6) is 1.89. The van der Waals surface area contributed by atoms with Gasteiger partial charge >= 0.3 is 0 Å². The SMILES string of the molecule is O=C(CC[C@H]1CCCN(CCO)C1)N1CCN(c2ccccn2)CC1. The van der Waals surface area contributed by atoms with Crippen LogP contribution in [0.2, 0.25) is 0 Å². The number of pyridine rings is 1. The summed E-state index contributed by atoms with van der Waals surface area (Å²) in [6, 6.07) is 5.96. The van der Waals surface area contributed by atoms with Crippen LogP contribution in [0.15, 0.2) is 24.4 Å². The number of aromatic nitrogens is 1. The Morgan fingerprint density at radius 3 is 2.76 bits per heavy atom. The zero-order valence-corrected chi connectivity index (χ0v) is 15.0. The highest BCUT2D eigenvalue weighted by atomic mass is 16.3. The van der Waals surface area contributed by atoms with E-state index in [9.17, 15) is 4.79 Å². The van der Waals surface area contributed by atoms with Gasteiger partial charge in [-0.15, -0.1) is 0 Å². The third-order valence-corrected chi connectivity index (χ3v) is 5.39. The second kappa shape index (κ2) is 9.15. The largest absolute Gasteiger partial charge is 0.395 e. The molecule has 1 aromatic heterocycles. The van der Waals surface area contributed by atoms with Gasteiger partial charge in [-0.1, -0.05) is 6.07 Å². The van der Waals surface area contributed by atoms with Crippen molar-refractivity contribution in [3.05, 3.63) is 24.4 Å². The Morgan fingerprint density at radius 2 is 2.04 bits per heavy atom. The van der Waals surface area contributed by atoms with E-state index in [0.717, 1.165) is 58.1 Å². The number of carbonyl (C=O) groups is 1. The molecule has 2 saturated heterocycles. The van der Waals surface area contributed by atoms with Gasteiger partial charge in [0.25, 0.3) is 0 Å². The molecule has 1 N–H and O–H groups in total. The van der Waals surface area contributed by atoms with Crippen LogP contribution in [0.1, 0.15) is 25.7 Å². The molecule has 2 fully saturated rings. The maximum Gasteiger partial charge on any atom is 0.222 e. The average molecular weight is 346 g/mol. The Hall–Kier alpha value is -1.66. The Balaban J connectivity index is 1.39. The Bertz CT molecular complexity index is 529. The number of nitrogens with zero attached hydrogens (tertiary/aromatic N) is 4. The summed E-state index contributed by atoms with van der Waals surface area (Å²) in [6.07, 6.45) is 5.84. The number of amides is 1. The van der Waals surface area contributed by atoms with Crippen molar-refractivity contribution in [2.75, 3.05) is 57.3 Å². The van der Waals surface area contributed by atoms with Gasteiger partial charge in [-0.25, -0.2) is 4.98 Å². The number of anilines is 1. The zero-order chi connectivity index (χ0) is 17.5. The minimum absolute atomic E-state index is 0.228. The van der Waals surface area contributed by atoms with E-state index in [1.54, 1.807) is 0 Å². The van der Waals surface area contributed by atoms with Gasteiger partial charge in [-0.3, -0.25) is 4.79 Å². The summed E-state index contributed by atoms with van der Waals surface area (Å²) in [6.45, 7) is 6.40. The molecule has 3 rings (SSSR count). The van der Waals surface area contributed by atoms with E-state index in [0.29, 0.717) is 18.2 Å². The molecule has 138 valence electrons. The highest BCUT2D eigenvalue weighted by Gasteiger charge is 2.24. The first-order valence-electron chi connectivity index (χ1n) is 9.53. The molecule has 0 spiro atoms. The fraction of sp³-hybridized carbons (Fsp3) is 0.684. The summed E-state index contributed by atoms with van der Waals surface area (Å²) in [4.78, 5) is 23.5. The molecule has 0 saturated carbocycles. The van der Waals surface area contributed by atoms with Crippen molar-refractivity contribution in [3.8, 4) is 0 Å². The van der Waals surface area contributed by atoms with Gasteiger partial charge in [0.1, 0.15) is 5.82 Å². The van der Waals surface area contributed by atoms with Gasteiger partial charge in [0, 0.05) is 51.9 Å². The smallest absolute Gasteiger partial charge is 0.222 e. The predicted molar refractivity (Wildman–Crippen MR) is 98.5 cm³/mol. The van der Waals surface area contributed by atoms with Crippen LogP contribution in [0.25, 0.3) is 0 Å². The lowest BCUT2D eigenvalue weighted by atomic mass is 9.93. The van der Waals surface area contributed by atoms with Crippen molar-refractivity contribution in [1.29, 1.82) is 0 Å². The van der Waals surface area contributed by atoms with E-state index < -0.39 is 0 Å². The van der Waals surface area contributed by atoms with Crippen LogP contribution in [0.5, 0.6) is 0 Å². The maximum atomic E-state index is 12.5. The van der Waals surface area contributed by atoms with Gasteiger partial charge < -0.3 is 19.8 Å².